The highest BCUT2D eigenvalue weighted by molar-refractivity contribution is 9.10. The van der Waals surface area contributed by atoms with Gasteiger partial charge < -0.3 is 10.8 Å². The first-order valence-corrected chi connectivity index (χ1v) is 5.24. The molecule has 0 radical (unpaired) electrons. The van der Waals surface area contributed by atoms with Crippen molar-refractivity contribution in [1.82, 2.24) is 0 Å². The van der Waals surface area contributed by atoms with Gasteiger partial charge in [-0.15, -0.1) is 0 Å². The van der Waals surface area contributed by atoms with Crippen molar-refractivity contribution < 1.29 is 9.50 Å². The van der Waals surface area contributed by atoms with Crippen LogP contribution in [0.3, 0.4) is 0 Å². The monoisotopic (exact) mass is 281 g/mol. The molecule has 1 atom stereocenters. The lowest BCUT2D eigenvalue weighted by Gasteiger charge is -2.12. The van der Waals surface area contributed by atoms with E-state index in [9.17, 15) is 4.39 Å². The van der Waals surface area contributed by atoms with E-state index in [0.29, 0.717) is 21.5 Å². The lowest BCUT2D eigenvalue weighted by Crippen LogP contribution is -2.13. The van der Waals surface area contributed by atoms with E-state index in [-0.39, 0.29) is 6.61 Å². The van der Waals surface area contributed by atoms with Crippen LogP contribution in [0.25, 0.3) is 0 Å². The molecular formula is C9H10BrClFNO. The molecule has 78 valence electrons. The van der Waals surface area contributed by atoms with Crippen molar-refractivity contribution in [2.45, 2.75) is 12.5 Å². The van der Waals surface area contributed by atoms with Gasteiger partial charge in [-0.1, -0.05) is 11.6 Å². The van der Waals surface area contributed by atoms with Gasteiger partial charge in [0.05, 0.1) is 5.02 Å². The average Bonchev–Trinajstić information content (AvgIpc) is 2.11. The van der Waals surface area contributed by atoms with Crippen LogP contribution in [0.5, 0.6) is 0 Å². The summed E-state index contributed by atoms with van der Waals surface area (Å²) in [5.41, 5.74) is 6.02. The third-order valence-electron chi connectivity index (χ3n) is 1.88. The van der Waals surface area contributed by atoms with E-state index in [4.69, 9.17) is 22.4 Å². The highest BCUT2D eigenvalue weighted by atomic mass is 79.9. The van der Waals surface area contributed by atoms with Crippen LogP contribution < -0.4 is 5.73 Å². The zero-order valence-electron chi connectivity index (χ0n) is 7.30. The fraction of sp³-hybridized carbons (Fsp3) is 0.333. The van der Waals surface area contributed by atoms with Gasteiger partial charge >= 0.3 is 0 Å². The number of rotatable bonds is 3. The molecule has 14 heavy (non-hydrogen) atoms. The summed E-state index contributed by atoms with van der Waals surface area (Å²) in [6.45, 7) is -0.0686. The first kappa shape index (κ1) is 11.9. The summed E-state index contributed by atoms with van der Waals surface area (Å²) >= 11 is 8.87. The Morgan fingerprint density at radius 1 is 1.57 bits per heavy atom. The number of hydrogen-bond donors (Lipinski definition) is 2. The van der Waals surface area contributed by atoms with Crippen LogP contribution in [-0.2, 0) is 0 Å². The Balaban J connectivity index is 3.02. The molecule has 1 aromatic carbocycles. The molecule has 0 aromatic heterocycles. The summed E-state index contributed by atoms with van der Waals surface area (Å²) < 4.78 is 13.9. The fourth-order valence-electron chi connectivity index (χ4n) is 1.12. The van der Waals surface area contributed by atoms with Gasteiger partial charge in [-0.25, -0.2) is 4.39 Å². The Bertz CT molecular complexity index is 335. The van der Waals surface area contributed by atoms with E-state index in [1.165, 1.54) is 12.1 Å². The molecule has 0 bridgehead atoms. The van der Waals surface area contributed by atoms with E-state index in [1.807, 2.05) is 0 Å². The van der Waals surface area contributed by atoms with Crippen molar-refractivity contribution in [2.24, 2.45) is 5.73 Å². The Hall–Kier alpha value is -0.160. The minimum absolute atomic E-state index is 0.0686. The highest BCUT2D eigenvalue weighted by Gasteiger charge is 2.13. The summed E-state index contributed by atoms with van der Waals surface area (Å²) in [4.78, 5) is 0. The maximum Gasteiger partial charge on any atom is 0.129 e. The van der Waals surface area contributed by atoms with Crippen LogP contribution in [0.2, 0.25) is 5.02 Å². The fourth-order valence-corrected chi connectivity index (χ4v) is 1.63. The smallest absolute Gasteiger partial charge is 0.129 e. The number of benzene rings is 1. The van der Waals surface area contributed by atoms with Crippen molar-refractivity contribution in [1.29, 1.82) is 0 Å². The molecule has 2 nitrogen and oxygen atoms in total. The average molecular weight is 283 g/mol. The summed E-state index contributed by atoms with van der Waals surface area (Å²) in [7, 11) is 0. The molecule has 0 saturated carbocycles. The Morgan fingerprint density at radius 3 is 2.79 bits per heavy atom. The van der Waals surface area contributed by atoms with Gasteiger partial charge in [0.15, 0.2) is 0 Å². The zero-order chi connectivity index (χ0) is 10.7. The third-order valence-corrected chi connectivity index (χ3v) is 3.08. The number of hydrogen-bond acceptors (Lipinski definition) is 2. The Morgan fingerprint density at radius 2 is 2.21 bits per heavy atom. The van der Waals surface area contributed by atoms with Gasteiger partial charge in [0, 0.05) is 22.7 Å². The number of aliphatic hydroxyl groups excluding tert-OH is 1. The molecule has 0 aliphatic heterocycles. The molecule has 1 unspecified atom stereocenters. The van der Waals surface area contributed by atoms with E-state index in [2.05, 4.69) is 15.9 Å². The second kappa shape index (κ2) is 5.07. The van der Waals surface area contributed by atoms with Gasteiger partial charge in [0.2, 0.25) is 0 Å². The molecule has 0 fully saturated rings. The van der Waals surface area contributed by atoms with Crippen LogP contribution in [0.1, 0.15) is 18.0 Å². The van der Waals surface area contributed by atoms with Gasteiger partial charge in [-0.3, -0.25) is 0 Å². The second-order valence-corrected chi connectivity index (χ2v) is 4.17. The quantitative estimate of drug-likeness (QED) is 0.837. The summed E-state index contributed by atoms with van der Waals surface area (Å²) in [6, 6.07) is 2.24. The summed E-state index contributed by atoms with van der Waals surface area (Å²) in [6.07, 6.45) is 0.324. The topological polar surface area (TPSA) is 46.2 Å². The largest absolute Gasteiger partial charge is 0.396 e. The van der Waals surface area contributed by atoms with Crippen molar-refractivity contribution in [3.8, 4) is 0 Å². The minimum Gasteiger partial charge on any atom is -0.396 e. The lowest BCUT2D eigenvalue weighted by atomic mass is 10.0. The van der Waals surface area contributed by atoms with Crippen LogP contribution in [-0.4, -0.2) is 11.7 Å². The SMILES string of the molecule is NC(CCO)c1cc(Br)c(Cl)cc1F. The molecule has 0 aliphatic rings. The molecule has 0 heterocycles. The zero-order valence-corrected chi connectivity index (χ0v) is 9.65. The van der Waals surface area contributed by atoms with Gasteiger partial charge in [-0.05, 0) is 34.5 Å². The molecule has 0 saturated heterocycles. The van der Waals surface area contributed by atoms with Crippen molar-refractivity contribution in [2.75, 3.05) is 6.61 Å². The normalized spacial score (nSPS) is 12.9. The van der Waals surface area contributed by atoms with Crippen molar-refractivity contribution in [3.63, 3.8) is 0 Å². The first-order chi connectivity index (χ1) is 6.56. The maximum atomic E-state index is 13.3. The highest BCUT2D eigenvalue weighted by Crippen LogP contribution is 2.28. The van der Waals surface area contributed by atoms with Gasteiger partial charge in [0.25, 0.3) is 0 Å². The minimum atomic E-state index is -0.506. The van der Waals surface area contributed by atoms with Crippen LogP contribution in [0.15, 0.2) is 16.6 Å². The molecule has 1 aromatic rings. The van der Waals surface area contributed by atoms with E-state index in [1.54, 1.807) is 0 Å². The van der Waals surface area contributed by atoms with E-state index in [0.717, 1.165) is 0 Å². The van der Waals surface area contributed by atoms with Crippen molar-refractivity contribution >= 4 is 27.5 Å². The van der Waals surface area contributed by atoms with Crippen LogP contribution in [0, 0.1) is 5.82 Å². The predicted molar refractivity (Wildman–Crippen MR) is 57.7 cm³/mol. The maximum absolute atomic E-state index is 13.3. The third kappa shape index (κ3) is 2.67. The van der Waals surface area contributed by atoms with Crippen molar-refractivity contribution in [3.05, 3.63) is 33.0 Å². The van der Waals surface area contributed by atoms with Crippen LogP contribution in [0.4, 0.5) is 4.39 Å². The van der Waals surface area contributed by atoms with Gasteiger partial charge in [0.1, 0.15) is 5.82 Å². The summed E-state index contributed by atoms with van der Waals surface area (Å²) in [5, 5.41) is 8.98. The van der Waals surface area contributed by atoms with E-state index >= 15 is 0 Å². The molecule has 5 heteroatoms. The number of nitrogens with two attached hydrogens (primary N) is 1. The Kier molecular flexibility index (Phi) is 4.31. The number of halogens is 3. The molecule has 3 N–H and O–H groups in total. The molecule has 0 aliphatic carbocycles. The van der Waals surface area contributed by atoms with Gasteiger partial charge in [-0.2, -0.15) is 0 Å². The Labute approximate surface area is 95.0 Å². The number of aliphatic hydroxyl groups is 1. The molecule has 1 rings (SSSR count). The molecular weight excluding hydrogens is 272 g/mol. The summed E-state index contributed by atoms with van der Waals surface area (Å²) in [5.74, 6) is -0.445. The molecule has 0 spiro atoms. The second-order valence-electron chi connectivity index (χ2n) is 2.91. The van der Waals surface area contributed by atoms with E-state index < -0.39 is 11.9 Å². The molecule has 0 amide bonds. The predicted octanol–water partition coefficient (Wildman–Crippen LogP) is 2.62. The lowest BCUT2D eigenvalue weighted by molar-refractivity contribution is 0.275. The standard InChI is InChI=1S/C9H10BrClFNO/c10-6-3-5(9(13)1-2-14)8(12)4-7(6)11/h3-4,9,14H,1-2,13H2. The first-order valence-electron chi connectivity index (χ1n) is 4.07. The van der Waals surface area contributed by atoms with Crippen LogP contribution >= 0.6 is 27.5 Å².